The molecule has 0 radical (unpaired) electrons. The van der Waals surface area contributed by atoms with Crippen LogP contribution in [0.3, 0.4) is 0 Å². The van der Waals surface area contributed by atoms with Crippen molar-refractivity contribution in [2.24, 2.45) is 5.73 Å². The fourth-order valence-corrected chi connectivity index (χ4v) is 2.41. The first-order valence-electron chi connectivity index (χ1n) is 4.12. The van der Waals surface area contributed by atoms with E-state index in [1.807, 2.05) is 0 Å². The van der Waals surface area contributed by atoms with Gasteiger partial charge < -0.3 is 5.73 Å². The van der Waals surface area contributed by atoms with Gasteiger partial charge in [0.15, 0.2) is 0 Å². The van der Waals surface area contributed by atoms with Gasteiger partial charge in [-0.05, 0) is 18.2 Å². The Kier molecular flexibility index (Phi) is 4.48. The lowest BCUT2D eigenvalue weighted by Crippen LogP contribution is -2.32. The van der Waals surface area contributed by atoms with Gasteiger partial charge >= 0.3 is 6.18 Å². The van der Waals surface area contributed by atoms with Gasteiger partial charge in [0.05, 0.1) is 0 Å². The molecule has 0 aromatic heterocycles. The van der Waals surface area contributed by atoms with Crippen molar-refractivity contribution in [1.29, 1.82) is 0 Å². The first kappa shape index (κ1) is 12.9. The molecule has 1 aromatic carbocycles. The van der Waals surface area contributed by atoms with Crippen molar-refractivity contribution >= 4 is 27.7 Å². The summed E-state index contributed by atoms with van der Waals surface area (Å²) in [5.41, 5.74) is 5.09. The van der Waals surface area contributed by atoms with Gasteiger partial charge in [-0.15, -0.1) is 11.8 Å². The monoisotopic (exact) mass is 299 g/mol. The van der Waals surface area contributed by atoms with Crippen molar-refractivity contribution < 1.29 is 13.2 Å². The molecule has 1 aromatic rings. The molecular formula is C9H9BrF3NS. The summed E-state index contributed by atoms with van der Waals surface area (Å²) < 4.78 is 37.9. The first-order valence-corrected chi connectivity index (χ1v) is 5.79. The van der Waals surface area contributed by atoms with E-state index in [2.05, 4.69) is 15.9 Å². The zero-order valence-electron chi connectivity index (χ0n) is 7.59. The van der Waals surface area contributed by atoms with E-state index in [1.165, 1.54) is 0 Å². The van der Waals surface area contributed by atoms with E-state index in [9.17, 15) is 13.2 Å². The molecule has 1 atom stereocenters. The smallest absolute Gasteiger partial charge is 0.329 e. The molecule has 84 valence electrons. The van der Waals surface area contributed by atoms with E-state index in [1.54, 1.807) is 24.3 Å². The second-order valence-electron chi connectivity index (χ2n) is 2.84. The Hall–Kier alpha value is -0.200. The van der Waals surface area contributed by atoms with Crippen LogP contribution in [0.15, 0.2) is 33.6 Å². The molecule has 0 aliphatic carbocycles. The zero-order chi connectivity index (χ0) is 11.5. The summed E-state index contributed by atoms with van der Waals surface area (Å²) in [6, 6.07) is 6.72. The van der Waals surface area contributed by atoms with E-state index in [0.717, 1.165) is 16.2 Å². The number of halogens is 4. The summed E-state index contributed by atoms with van der Waals surface area (Å²) in [4.78, 5) is 0.553. The van der Waals surface area contributed by atoms with Crippen LogP contribution in [0.25, 0.3) is 0 Å². The Labute approximate surface area is 98.4 Å². The molecule has 0 aliphatic rings. The molecule has 0 spiro atoms. The van der Waals surface area contributed by atoms with E-state index < -0.39 is 18.0 Å². The summed E-state index contributed by atoms with van der Waals surface area (Å²) in [6.45, 7) is -0.416. The average molecular weight is 300 g/mol. The second-order valence-corrected chi connectivity index (χ2v) is 5.03. The summed E-state index contributed by atoms with van der Waals surface area (Å²) in [5.74, 6) is 0. The lowest BCUT2D eigenvalue weighted by Gasteiger charge is -2.17. The number of hydrogen-bond donors (Lipinski definition) is 1. The Morgan fingerprint density at radius 1 is 1.40 bits per heavy atom. The van der Waals surface area contributed by atoms with Gasteiger partial charge in [-0.3, -0.25) is 0 Å². The maximum absolute atomic E-state index is 12.4. The van der Waals surface area contributed by atoms with Crippen LogP contribution in [-0.4, -0.2) is 18.0 Å². The number of thioether (sulfide) groups is 1. The Morgan fingerprint density at radius 3 is 2.53 bits per heavy atom. The summed E-state index contributed by atoms with van der Waals surface area (Å²) >= 11 is 3.93. The normalized spacial score (nSPS) is 13.9. The van der Waals surface area contributed by atoms with E-state index in [0.29, 0.717) is 4.90 Å². The molecule has 1 rings (SSSR count). The number of rotatable bonds is 3. The van der Waals surface area contributed by atoms with Gasteiger partial charge in [0.2, 0.25) is 0 Å². The Morgan fingerprint density at radius 2 is 2.07 bits per heavy atom. The molecule has 0 amide bonds. The Balaban J connectivity index is 2.76. The summed E-state index contributed by atoms with van der Waals surface area (Å²) in [6.07, 6.45) is -4.26. The maximum atomic E-state index is 12.4. The van der Waals surface area contributed by atoms with Gasteiger partial charge in [0.25, 0.3) is 0 Å². The van der Waals surface area contributed by atoms with Crippen molar-refractivity contribution in [3.05, 3.63) is 28.7 Å². The number of hydrogen-bond acceptors (Lipinski definition) is 2. The molecule has 1 nitrogen and oxygen atoms in total. The first-order chi connectivity index (χ1) is 6.93. The van der Waals surface area contributed by atoms with Crippen molar-refractivity contribution in [1.82, 2.24) is 0 Å². The lowest BCUT2D eigenvalue weighted by molar-refractivity contribution is -0.126. The highest BCUT2D eigenvalue weighted by atomic mass is 79.9. The zero-order valence-corrected chi connectivity index (χ0v) is 9.99. The number of benzene rings is 1. The molecule has 1 unspecified atom stereocenters. The fraction of sp³-hybridized carbons (Fsp3) is 0.333. The molecule has 0 fully saturated rings. The second kappa shape index (κ2) is 5.23. The van der Waals surface area contributed by atoms with Gasteiger partial charge in [0, 0.05) is 15.9 Å². The highest BCUT2D eigenvalue weighted by molar-refractivity contribution is 9.10. The summed E-state index contributed by atoms with van der Waals surface area (Å²) in [7, 11) is 0. The lowest BCUT2D eigenvalue weighted by atomic mass is 10.4. The molecule has 0 aliphatic heterocycles. The van der Waals surface area contributed by atoms with Crippen molar-refractivity contribution in [3.8, 4) is 0 Å². The maximum Gasteiger partial charge on any atom is 0.402 e. The molecule has 2 N–H and O–H groups in total. The van der Waals surface area contributed by atoms with Crippen LogP contribution in [0, 0.1) is 0 Å². The van der Waals surface area contributed by atoms with Crippen molar-refractivity contribution in [3.63, 3.8) is 0 Å². The predicted octanol–water partition coefficient (Wildman–Crippen LogP) is 3.43. The topological polar surface area (TPSA) is 26.0 Å². The number of alkyl halides is 3. The van der Waals surface area contributed by atoms with E-state index in [-0.39, 0.29) is 0 Å². The quantitative estimate of drug-likeness (QED) is 0.866. The van der Waals surface area contributed by atoms with Crippen molar-refractivity contribution in [2.45, 2.75) is 16.3 Å². The molecule has 0 bridgehead atoms. The van der Waals surface area contributed by atoms with Crippen LogP contribution in [0.1, 0.15) is 0 Å². The third kappa shape index (κ3) is 4.04. The minimum atomic E-state index is -4.26. The van der Waals surface area contributed by atoms with Crippen LogP contribution < -0.4 is 5.73 Å². The fourth-order valence-electron chi connectivity index (χ4n) is 0.953. The third-order valence-corrected chi connectivity index (χ3v) is 3.42. The minimum Gasteiger partial charge on any atom is -0.329 e. The van der Waals surface area contributed by atoms with Gasteiger partial charge in [-0.2, -0.15) is 13.2 Å². The van der Waals surface area contributed by atoms with E-state index in [4.69, 9.17) is 5.73 Å². The van der Waals surface area contributed by atoms with Crippen LogP contribution in [0.5, 0.6) is 0 Å². The van der Waals surface area contributed by atoms with Crippen LogP contribution in [0.4, 0.5) is 13.2 Å². The SMILES string of the molecule is NCC(Sc1cccc(Br)c1)C(F)(F)F. The third-order valence-electron chi connectivity index (χ3n) is 1.65. The van der Waals surface area contributed by atoms with Gasteiger partial charge in [-0.1, -0.05) is 22.0 Å². The standard InChI is InChI=1S/C9H9BrF3NS/c10-6-2-1-3-7(4-6)15-8(5-14)9(11,12)13/h1-4,8H,5,14H2. The van der Waals surface area contributed by atoms with Crippen molar-refractivity contribution in [2.75, 3.05) is 6.54 Å². The average Bonchev–Trinajstić information content (AvgIpc) is 2.12. The molecule has 0 heterocycles. The largest absolute Gasteiger partial charge is 0.402 e. The summed E-state index contributed by atoms with van der Waals surface area (Å²) in [5, 5.41) is -1.55. The molecule has 0 saturated carbocycles. The van der Waals surface area contributed by atoms with Crippen LogP contribution in [-0.2, 0) is 0 Å². The highest BCUT2D eigenvalue weighted by Crippen LogP contribution is 2.35. The van der Waals surface area contributed by atoms with Crippen LogP contribution in [0.2, 0.25) is 0 Å². The predicted molar refractivity (Wildman–Crippen MR) is 58.9 cm³/mol. The molecule has 0 saturated heterocycles. The van der Waals surface area contributed by atoms with Crippen LogP contribution >= 0.6 is 27.7 Å². The van der Waals surface area contributed by atoms with Gasteiger partial charge in [0.1, 0.15) is 5.25 Å². The Bertz CT molecular complexity index is 329. The molecular weight excluding hydrogens is 291 g/mol. The minimum absolute atomic E-state index is 0.416. The molecule has 15 heavy (non-hydrogen) atoms. The van der Waals surface area contributed by atoms with E-state index >= 15 is 0 Å². The van der Waals surface area contributed by atoms with Gasteiger partial charge in [-0.25, -0.2) is 0 Å². The highest BCUT2D eigenvalue weighted by Gasteiger charge is 2.39. The number of nitrogens with two attached hydrogens (primary N) is 1. The molecule has 6 heteroatoms.